The predicted molar refractivity (Wildman–Crippen MR) is 67.4 cm³/mol. The maximum absolute atomic E-state index is 11.9. The van der Waals surface area contributed by atoms with Crippen molar-refractivity contribution in [1.29, 1.82) is 0 Å². The average Bonchev–Trinajstić information content (AvgIpc) is 2.52. The highest BCUT2D eigenvalue weighted by Gasteiger charge is 2.14. The van der Waals surface area contributed by atoms with Crippen LogP contribution in [0.1, 0.15) is 46.0 Å². The van der Waals surface area contributed by atoms with E-state index in [-0.39, 0.29) is 0 Å². The molecule has 0 atom stereocenters. The molecule has 1 aliphatic rings. The van der Waals surface area contributed by atoms with Crippen molar-refractivity contribution < 1.29 is 4.79 Å². The molecular formula is C13H26N2O. The van der Waals surface area contributed by atoms with Crippen LogP contribution in [0.3, 0.4) is 0 Å². The van der Waals surface area contributed by atoms with E-state index in [1.165, 1.54) is 25.7 Å². The zero-order chi connectivity index (χ0) is 11.8. The molecule has 1 amide bonds. The summed E-state index contributed by atoms with van der Waals surface area (Å²) < 4.78 is 0. The average molecular weight is 226 g/mol. The summed E-state index contributed by atoms with van der Waals surface area (Å²) in [7, 11) is 0. The SMILES string of the molecule is CC(C)CNCCC(=O)N1CCCCCC1. The Morgan fingerprint density at radius 3 is 2.38 bits per heavy atom. The molecule has 0 unspecified atom stereocenters. The van der Waals surface area contributed by atoms with Crippen molar-refractivity contribution in [3.05, 3.63) is 0 Å². The number of hydrogen-bond donors (Lipinski definition) is 1. The molecule has 94 valence electrons. The molecule has 1 N–H and O–H groups in total. The van der Waals surface area contributed by atoms with Crippen LogP contribution in [0.4, 0.5) is 0 Å². The highest BCUT2D eigenvalue weighted by atomic mass is 16.2. The number of nitrogens with zero attached hydrogens (tertiary/aromatic N) is 1. The number of likely N-dealkylation sites (tertiary alicyclic amines) is 1. The van der Waals surface area contributed by atoms with E-state index in [9.17, 15) is 4.79 Å². The van der Waals surface area contributed by atoms with Crippen molar-refractivity contribution in [2.75, 3.05) is 26.2 Å². The number of amides is 1. The van der Waals surface area contributed by atoms with Crippen LogP contribution in [0.25, 0.3) is 0 Å². The zero-order valence-corrected chi connectivity index (χ0v) is 10.8. The Labute approximate surface area is 99.6 Å². The van der Waals surface area contributed by atoms with Gasteiger partial charge in [-0.25, -0.2) is 0 Å². The lowest BCUT2D eigenvalue weighted by atomic mass is 10.2. The van der Waals surface area contributed by atoms with Gasteiger partial charge in [0.1, 0.15) is 0 Å². The first-order valence-corrected chi connectivity index (χ1v) is 6.68. The van der Waals surface area contributed by atoms with Gasteiger partial charge in [0.25, 0.3) is 0 Å². The van der Waals surface area contributed by atoms with Crippen LogP contribution in [0, 0.1) is 5.92 Å². The third-order valence-electron chi connectivity index (χ3n) is 3.03. The molecule has 16 heavy (non-hydrogen) atoms. The van der Waals surface area contributed by atoms with E-state index in [4.69, 9.17) is 0 Å². The second-order valence-electron chi connectivity index (χ2n) is 5.14. The van der Waals surface area contributed by atoms with Crippen LogP contribution in [-0.2, 0) is 4.79 Å². The predicted octanol–water partition coefficient (Wildman–Crippen LogP) is 2.02. The van der Waals surface area contributed by atoms with Gasteiger partial charge in [-0.3, -0.25) is 4.79 Å². The first kappa shape index (κ1) is 13.5. The maximum Gasteiger partial charge on any atom is 0.223 e. The lowest BCUT2D eigenvalue weighted by Crippen LogP contribution is -2.34. The normalized spacial score (nSPS) is 17.6. The van der Waals surface area contributed by atoms with Crippen molar-refractivity contribution in [2.24, 2.45) is 5.92 Å². The van der Waals surface area contributed by atoms with Gasteiger partial charge in [-0.1, -0.05) is 26.7 Å². The topological polar surface area (TPSA) is 32.3 Å². The van der Waals surface area contributed by atoms with Gasteiger partial charge in [0.05, 0.1) is 0 Å². The van der Waals surface area contributed by atoms with Crippen LogP contribution in [0.5, 0.6) is 0 Å². The summed E-state index contributed by atoms with van der Waals surface area (Å²) >= 11 is 0. The van der Waals surface area contributed by atoms with Crippen LogP contribution in [0.15, 0.2) is 0 Å². The fourth-order valence-electron chi connectivity index (χ4n) is 2.06. The molecule has 3 heteroatoms. The van der Waals surface area contributed by atoms with E-state index < -0.39 is 0 Å². The first-order valence-electron chi connectivity index (χ1n) is 6.68. The molecule has 1 fully saturated rings. The molecule has 0 aromatic rings. The molecule has 1 heterocycles. The van der Waals surface area contributed by atoms with Crippen LogP contribution < -0.4 is 5.32 Å². The summed E-state index contributed by atoms with van der Waals surface area (Å²) in [6.45, 7) is 8.15. The largest absolute Gasteiger partial charge is 0.343 e. The lowest BCUT2D eigenvalue weighted by Gasteiger charge is -2.20. The second-order valence-corrected chi connectivity index (χ2v) is 5.14. The van der Waals surface area contributed by atoms with Gasteiger partial charge in [-0.05, 0) is 25.3 Å². The summed E-state index contributed by atoms with van der Waals surface area (Å²) in [6, 6.07) is 0. The number of rotatable bonds is 5. The molecule has 0 spiro atoms. The minimum Gasteiger partial charge on any atom is -0.343 e. The fraction of sp³-hybridized carbons (Fsp3) is 0.923. The first-order chi connectivity index (χ1) is 7.70. The third kappa shape index (κ3) is 5.50. The van der Waals surface area contributed by atoms with Crippen molar-refractivity contribution in [1.82, 2.24) is 10.2 Å². The lowest BCUT2D eigenvalue weighted by molar-refractivity contribution is -0.131. The smallest absolute Gasteiger partial charge is 0.223 e. The Bertz CT molecular complexity index is 196. The quantitative estimate of drug-likeness (QED) is 0.727. The van der Waals surface area contributed by atoms with E-state index in [1.807, 2.05) is 4.90 Å². The van der Waals surface area contributed by atoms with Crippen molar-refractivity contribution in [3.63, 3.8) is 0 Å². The van der Waals surface area contributed by atoms with Gasteiger partial charge < -0.3 is 10.2 Å². The molecule has 0 bridgehead atoms. The Morgan fingerprint density at radius 1 is 1.19 bits per heavy atom. The standard InChI is InChI=1S/C13H26N2O/c1-12(2)11-14-8-7-13(16)15-9-5-3-4-6-10-15/h12,14H,3-11H2,1-2H3. The van der Waals surface area contributed by atoms with Crippen LogP contribution >= 0.6 is 0 Å². The zero-order valence-electron chi connectivity index (χ0n) is 10.8. The van der Waals surface area contributed by atoms with Gasteiger partial charge in [-0.15, -0.1) is 0 Å². The Balaban J connectivity index is 2.13. The van der Waals surface area contributed by atoms with E-state index in [2.05, 4.69) is 19.2 Å². The molecular weight excluding hydrogens is 200 g/mol. The fourth-order valence-corrected chi connectivity index (χ4v) is 2.06. The third-order valence-corrected chi connectivity index (χ3v) is 3.03. The summed E-state index contributed by atoms with van der Waals surface area (Å²) in [5.41, 5.74) is 0. The van der Waals surface area contributed by atoms with Gasteiger partial charge in [0.2, 0.25) is 5.91 Å². The molecule has 1 saturated heterocycles. The molecule has 0 saturated carbocycles. The second kappa shape index (κ2) is 7.66. The molecule has 1 rings (SSSR count). The monoisotopic (exact) mass is 226 g/mol. The molecule has 0 aliphatic carbocycles. The molecule has 0 radical (unpaired) electrons. The van der Waals surface area contributed by atoms with Crippen molar-refractivity contribution in [2.45, 2.75) is 46.0 Å². The maximum atomic E-state index is 11.9. The summed E-state index contributed by atoms with van der Waals surface area (Å²) in [5, 5.41) is 3.32. The van der Waals surface area contributed by atoms with Gasteiger partial charge in [0, 0.05) is 26.1 Å². The van der Waals surface area contributed by atoms with Crippen LogP contribution in [-0.4, -0.2) is 37.0 Å². The Kier molecular flexibility index (Phi) is 6.46. The summed E-state index contributed by atoms with van der Waals surface area (Å²) in [4.78, 5) is 13.9. The van der Waals surface area contributed by atoms with Crippen molar-refractivity contribution in [3.8, 4) is 0 Å². The number of hydrogen-bond acceptors (Lipinski definition) is 2. The van der Waals surface area contributed by atoms with E-state index >= 15 is 0 Å². The van der Waals surface area contributed by atoms with E-state index in [1.54, 1.807) is 0 Å². The Morgan fingerprint density at radius 2 is 1.81 bits per heavy atom. The Hall–Kier alpha value is -0.570. The molecule has 0 aromatic heterocycles. The summed E-state index contributed by atoms with van der Waals surface area (Å²) in [6.07, 6.45) is 5.60. The summed E-state index contributed by atoms with van der Waals surface area (Å²) in [5.74, 6) is 0.992. The van der Waals surface area contributed by atoms with Gasteiger partial charge >= 0.3 is 0 Å². The number of carbonyl (C=O) groups excluding carboxylic acids is 1. The van der Waals surface area contributed by atoms with E-state index in [0.29, 0.717) is 18.2 Å². The van der Waals surface area contributed by atoms with Crippen LogP contribution in [0.2, 0.25) is 0 Å². The van der Waals surface area contributed by atoms with Crippen molar-refractivity contribution >= 4 is 5.91 Å². The highest BCUT2D eigenvalue weighted by molar-refractivity contribution is 5.76. The van der Waals surface area contributed by atoms with Gasteiger partial charge in [0.15, 0.2) is 0 Å². The highest BCUT2D eigenvalue weighted by Crippen LogP contribution is 2.10. The minimum absolute atomic E-state index is 0.332. The number of carbonyl (C=O) groups is 1. The van der Waals surface area contributed by atoms with E-state index in [0.717, 1.165) is 26.2 Å². The molecule has 1 aliphatic heterocycles. The molecule has 0 aromatic carbocycles. The number of nitrogens with one attached hydrogen (secondary N) is 1. The minimum atomic E-state index is 0.332. The van der Waals surface area contributed by atoms with Gasteiger partial charge in [-0.2, -0.15) is 0 Å². The molecule has 3 nitrogen and oxygen atoms in total.